The van der Waals surface area contributed by atoms with E-state index < -0.39 is 0 Å². The van der Waals surface area contributed by atoms with Crippen LogP contribution in [-0.4, -0.2) is 31.9 Å². The van der Waals surface area contributed by atoms with E-state index in [0.29, 0.717) is 53.2 Å². The van der Waals surface area contributed by atoms with Crippen molar-refractivity contribution in [3.8, 4) is 17.2 Å². The van der Waals surface area contributed by atoms with Crippen LogP contribution < -0.4 is 19.6 Å². The third kappa shape index (κ3) is 5.89. The summed E-state index contributed by atoms with van der Waals surface area (Å²) >= 11 is 6.01. The minimum atomic E-state index is -0.366. The van der Waals surface area contributed by atoms with Gasteiger partial charge in [0.05, 0.1) is 26.0 Å². The molecule has 1 N–H and O–H groups in total. The van der Waals surface area contributed by atoms with Crippen LogP contribution in [0.2, 0.25) is 5.02 Å². The zero-order chi connectivity index (χ0) is 19.6. The van der Waals surface area contributed by atoms with E-state index >= 15 is 0 Å². The van der Waals surface area contributed by atoms with Gasteiger partial charge in [0, 0.05) is 16.1 Å². The first-order chi connectivity index (χ1) is 13.1. The second-order valence-electron chi connectivity index (χ2n) is 5.34. The van der Waals surface area contributed by atoms with E-state index in [1.54, 1.807) is 36.4 Å². The van der Waals surface area contributed by atoms with Crippen LogP contribution in [0.3, 0.4) is 0 Å². The lowest BCUT2D eigenvalue weighted by atomic mass is 10.2. The van der Waals surface area contributed by atoms with Gasteiger partial charge in [-0.05, 0) is 57.2 Å². The largest absolute Gasteiger partial charge is 0.493 e. The summed E-state index contributed by atoms with van der Waals surface area (Å²) in [6.45, 7) is 7.14. The minimum absolute atomic E-state index is 0.366. The molecule has 0 aliphatic carbocycles. The molecule has 0 atom stereocenters. The van der Waals surface area contributed by atoms with Crippen molar-refractivity contribution in [2.24, 2.45) is 5.10 Å². The topological polar surface area (TPSA) is 69.2 Å². The van der Waals surface area contributed by atoms with Gasteiger partial charge in [-0.3, -0.25) is 4.79 Å². The molecule has 7 heteroatoms. The SMILES string of the molecule is CCOc1ccc(Cl)cc1/C=N/NC(=O)c1ccc(OCC)c(OCC)c1. The molecular weight excluding hydrogens is 368 g/mol. The Morgan fingerprint density at radius 1 is 0.963 bits per heavy atom. The van der Waals surface area contributed by atoms with Gasteiger partial charge in [0.2, 0.25) is 0 Å². The van der Waals surface area contributed by atoms with E-state index in [4.69, 9.17) is 25.8 Å². The van der Waals surface area contributed by atoms with Crippen molar-refractivity contribution in [3.05, 3.63) is 52.5 Å². The third-order valence-corrected chi connectivity index (χ3v) is 3.68. The van der Waals surface area contributed by atoms with Gasteiger partial charge in [-0.1, -0.05) is 11.6 Å². The van der Waals surface area contributed by atoms with Gasteiger partial charge >= 0.3 is 0 Å². The Balaban J connectivity index is 2.12. The Morgan fingerprint density at radius 3 is 2.30 bits per heavy atom. The van der Waals surface area contributed by atoms with Gasteiger partial charge in [0.1, 0.15) is 5.75 Å². The van der Waals surface area contributed by atoms with Gasteiger partial charge in [-0.2, -0.15) is 5.10 Å². The van der Waals surface area contributed by atoms with E-state index in [9.17, 15) is 4.79 Å². The lowest BCUT2D eigenvalue weighted by molar-refractivity contribution is 0.0954. The van der Waals surface area contributed by atoms with Gasteiger partial charge in [-0.25, -0.2) is 5.43 Å². The van der Waals surface area contributed by atoms with Gasteiger partial charge in [0.15, 0.2) is 11.5 Å². The molecule has 2 rings (SSSR count). The number of benzene rings is 2. The van der Waals surface area contributed by atoms with Crippen molar-refractivity contribution in [1.29, 1.82) is 0 Å². The van der Waals surface area contributed by atoms with Crippen LogP contribution in [0, 0.1) is 0 Å². The molecule has 0 fully saturated rings. The third-order valence-electron chi connectivity index (χ3n) is 3.45. The molecule has 144 valence electrons. The summed E-state index contributed by atoms with van der Waals surface area (Å²) < 4.78 is 16.6. The van der Waals surface area contributed by atoms with Crippen LogP contribution in [0.25, 0.3) is 0 Å². The number of amides is 1. The first kappa shape index (κ1) is 20.6. The summed E-state index contributed by atoms with van der Waals surface area (Å²) in [5, 5.41) is 4.56. The van der Waals surface area contributed by atoms with E-state index in [-0.39, 0.29) is 5.91 Å². The number of carbonyl (C=O) groups excluding carboxylic acids is 1. The minimum Gasteiger partial charge on any atom is -0.493 e. The summed E-state index contributed by atoms with van der Waals surface area (Å²) in [6.07, 6.45) is 1.49. The van der Waals surface area contributed by atoms with E-state index in [0.717, 1.165) is 0 Å². The number of nitrogens with zero attached hydrogens (tertiary/aromatic N) is 1. The Labute approximate surface area is 164 Å². The highest BCUT2D eigenvalue weighted by Crippen LogP contribution is 2.28. The first-order valence-corrected chi connectivity index (χ1v) is 9.12. The summed E-state index contributed by atoms with van der Waals surface area (Å²) in [4.78, 5) is 12.4. The highest BCUT2D eigenvalue weighted by Gasteiger charge is 2.11. The number of rotatable bonds is 9. The van der Waals surface area contributed by atoms with E-state index in [2.05, 4.69) is 10.5 Å². The molecule has 1 amide bonds. The molecule has 0 saturated heterocycles. The van der Waals surface area contributed by atoms with Gasteiger partial charge in [0.25, 0.3) is 5.91 Å². The smallest absolute Gasteiger partial charge is 0.271 e. The lowest BCUT2D eigenvalue weighted by Crippen LogP contribution is -2.18. The molecule has 6 nitrogen and oxygen atoms in total. The Bertz CT molecular complexity index is 809. The molecule has 2 aromatic rings. The number of carbonyl (C=O) groups is 1. The molecular formula is C20H23ClN2O4. The maximum Gasteiger partial charge on any atom is 0.271 e. The van der Waals surface area contributed by atoms with Crippen LogP contribution in [0.1, 0.15) is 36.7 Å². The van der Waals surface area contributed by atoms with Gasteiger partial charge < -0.3 is 14.2 Å². The quantitative estimate of drug-likeness (QED) is 0.512. The van der Waals surface area contributed by atoms with Crippen molar-refractivity contribution >= 4 is 23.7 Å². The van der Waals surface area contributed by atoms with Crippen molar-refractivity contribution in [3.63, 3.8) is 0 Å². The molecule has 0 bridgehead atoms. The fraction of sp³-hybridized carbons (Fsp3) is 0.300. The molecule has 0 aromatic heterocycles. The van der Waals surface area contributed by atoms with Crippen LogP contribution >= 0.6 is 11.6 Å². The molecule has 0 unspecified atom stereocenters. The summed E-state index contributed by atoms with van der Waals surface area (Å²) in [5.74, 6) is 1.39. The summed E-state index contributed by atoms with van der Waals surface area (Å²) in [7, 11) is 0. The first-order valence-electron chi connectivity index (χ1n) is 8.74. The molecule has 27 heavy (non-hydrogen) atoms. The maximum atomic E-state index is 12.4. The van der Waals surface area contributed by atoms with Crippen molar-refractivity contribution in [1.82, 2.24) is 5.43 Å². The Hall–Kier alpha value is -2.73. The van der Waals surface area contributed by atoms with E-state index in [1.165, 1.54) is 6.21 Å². The molecule has 0 spiro atoms. The lowest BCUT2D eigenvalue weighted by Gasteiger charge is -2.11. The predicted octanol–water partition coefficient (Wildman–Crippen LogP) is 4.30. The number of ether oxygens (including phenoxy) is 3. The molecule has 0 radical (unpaired) electrons. The fourth-order valence-electron chi connectivity index (χ4n) is 2.32. The highest BCUT2D eigenvalue weighted by atomic mass is 35.5. The number of nitrogens with one attached hydrogen (secondary N) is 1. The number of hydrogen-bond donors (Lipinski definition) is 1. The van der Waals surface area contributed by atoms with Crippen LogP contribution in [0.5, 0.6) is 17.2 Å². The van der Waals surface area contributed by atoms with Crippen molar-refractivity contribution in [2.75, 3.05) is 19.8 Å². The van der Waals surface area contributed by atoms with E-state index in [1.807, 2.05) is 20.8 Å². The number of hydrogen-bond acceptors (Lipinski definition) is 5. The number of hydrazone groups is 1. The Kier molecular flexibility index (Phi) is 7.95. The summed E-state index contributed by atoms with van der Waals surface area (Å²) in [6, 6.07) is 10.2. The molecule has 2 aromatic carbocycles. The van der Waals surface area contributed by atoms with Crippen LogP contribution in [0.4, 0.5) is 0 Å². The normalized spacial score (nSPS) is 10.7. The van der Waals surface area contributed by atoms with Crippen molar-refractivity contribution < 1.29 is 19.0 Å². The van der Waals surface area contributed by atoms with Gasteiger partial charge in [-0.15, -0.1) is 0 Å². The standard InChI is InChI=1S/C20H23ClN2O4/c1-4-25-17-10-8-16(21)11-15(17)13-22-23-20(24)14-7-9-18(26-5-2)19(12-14)27-6-3/h7-13H,4-6H2,1-3H3,(H,23,24)/b22-13+. The number of halogens is 1. The monoisotopic (exact) mass is 390 g/mol. The van der Waals surface area contributed by atoms with Crippen LogP contribution in [0.15, 0.2) is 41.5 Å². The second-order valence-corrected chi connectivity index (χ2v) is 5.78. The maximum absolute atomic E-state index is 12.4. The molecule has 0 saturated carbocycles. The van der Waals surface area contributed by atoms with Crippen molar-refractivity contribution in [2.45, 2.75) is 20.8 Å². The van der Waals surface area contributed by atoms with Crippen LogP contribution in [-0.2, 0) is 0 Å². The zero-order valence-electron chi connectivity index (χ0n) is 15.6. The average molecular weight is 391 g/mol. The molecule has 0 aliphatic rings. The summed E-state index contributed by atoms with van der Waals surface area (Å²) in [5.41, 5.74) is 3.58. The molecule has 0 aliphatic heterocycles. The fourth-order valence-corrected chi connectivity index (χ4v) is 2.51. The highest BCUT2D eigenvalue weighted by molar-refractivity contribution is 6.30. The average Bonchev–Trinajstić information content (AvgIpc) is 2.65. The molecule has 0 heterocycles. The predicted molar refractivity (Wildman–Crippen MR) is 106 cm³/mol. The second kappa shape index (κ2) is 10.4. The zero-order valence-corrected chi connectivity index (χ0v) is 16.4. The Morgan fingerprint density at radius 2 is 1.59 bits per heavy atom.